The molecule has 0 aromatic carbocycles. The second-order valence-corrected chi connectivity index (χ2v) is 5.26. The van der Waals surface area contributed by atoms with Gasteiger partial charge in [0.15, 0.2) is 0 Å². The van der Waals surface area contributed by atoms with E-state index in [0.717, 1.165) is 30.7 Å². The first-order chi connectivity index (χ1) is 7.94. The van der Waals surface area contributed by atoms with E-state index < -0.39 is 5.97 Å². The van der Waals surface area contributed by atoms with Crippen molar-refractivity contribution in [1.29, 1.82) is 0 Å². The monoisotopic (exact) mass is 254 g/mol. The molecule has 2 rings (SSSR count). The van der Waals surface area contributed by atoms with Gasteiger partial charge in [-0.15, -0.1) is 0 Å². The molecule has 2 aliphatic carbocycles. The number of rotatable bonds is 1. The summed E-state index contributed by atoms with van der Waals surface area (Å²) in [4.78, 5) is 10.3. The fraction of sp³-hybridized carbons (Fsp3) is 0.500. The Hall–Kier alpha value is -1.02. The zero-order chi connectivity index (χ0) is 12.9. The molecule has 0 amide bonds. The molecule has 0 aromatic heterocycles. The van der Waals surface area contributed by atoms with Crippen molar-refractivity contribution in [2.24, 2.45) is 5.41 Å². The highest BCUT2D eigenvalue weighted by atomic mass is 35.5. The lowest BCUT2D eigenvalue weighted by molar-refractivity contribution is -0.152. The molecule has 1 N–H and O–H groups in total. The maximum absolute atomic E-state index is 10.3. The summed E-state index contributed by atoms with van der Waals surface area (Å²) < 4.78 is 0. The summed E-state index contributed by atoms with van der Waals surface area (Å²) in [5.41, 5.74) is 0.918. The van der Waals surface area contributed by atoms with E-state index in [2.05, 4.69) is 13.0 Å². The molecule has 0 spiro atoms. The van der Waals surface area contributed by atoms with Crippen molar-refractivity contribution in [1.82, 2.24) is 0 Å². The lowest BCUT2D eigenvalue weighted by atomic mass is 9.71. The third-order valence-corrected chi connectivity index (χ3v) is 3.51. The molecule has 2 aliphatic rings. The van der Waals surface area contributed by atoms with E-state index in [1.165, 1.54) is 5.57 Å². The first kappa shape index (κ1) is 14.0. The third-order valence-electron chi connectivity index (χ3n) is 3.23. The molecule has 0 aliphatic heterocycles. The van der Waals surface area contributed by atoms with Crippen molar-refractivity contribution < 1.29 is 9.90 Å². The Morgan fingerprint density at radius 2 is 2.00 bits per heavy atom. The van der Waals surface area contributed by atoms with Gasteiger partial charge in [0.1, 0.15) is 0 Å². The summed E-state index contributed by atoms with van der Waals surface area (Å²) in [6.07, 6.45) is 11.8. The third kappa shape index (κ3) is 4.39. The van der Waals surface area contributed by atoms with E-state index in [9.17, 15) is 4.79 Å². The van der Waals surface area contributed by atoms with Crippen LogP contribution < -0.4 is 0 Å². The zero-order valence-corrected chi connectivity index (χ0v) is 11.1. The molecule has 2 nitrogen and oxygen atoms in total. The summed E-state index contributed by atoms with van der Waals surface area (Å²) >= 11 is 5.73. The fourth-order valence-electron chi connectivity index (χ4n) is 1.63. The van der Waals surface area contributed by atoms with Gasteiger partial charge in [-0.1, -0.05) is 41.8 Å². The molecule has 0 aromatic rings. The van der Waals surface area contributed by atoms with Gasteiger partial charge in [0.05, 0.1) is 5.41 Å². The normalized spacial score (nSPS) is 21.1. The van der Waals surface area contributed by atoms with Crippen LogP contribution in [0.5, 0.6) is 0 Å². The SMILES string of the molecule is CC1(C(=O)O)CCC1.CC1=CCC=C(Cl)C=C1. The molecule has 94 valence electrons. The van der Waals surface area contributed by atoms with Crippen LogP contribution in [0.1, 0.15) is 39.5 Å². The summed E-state index contributed by atoms with van der Waals surface area (Å²) in [6, 6.07) is 0. The minimum atomic E-state index is -0.635. The van der Waals surface area contributed by atoms with E-state index in [1.807, 2.05) is 18.2 Å². The summed E-state index contributed by atoms with van der Waals surface area (Å²) in [7, 11) is 0. The van der Waals surface area contributed by atoms with Crippen molar-refractivity contribution in [3.05, 3.63) is 34.9 Å². The molecule has 0 radical (unpaired) electrons. The summed E-state index contributed by atoms with van der Waals surface area (Å²) in [5.74, 6) is -0.635. The van der Waals surface area contributed by atoms with Crippen molar-refractivity contribution in [2.75, 3.05) is 0 Å². The van der Waals surface area contributed by atoms with E-state index in [1.54, 1.807) is 6.92 Å². The van der Waals surface area contributed by atoms with Crippen LogP contribution in [0.3, 0.4) is 0 Å². The van der Waals surface area contributed by atoms with Gasteiger partial charge in [-0.2, -0.15) is 0 Å². The first-order valence-corrected chi connectivity index (χ1v) is 6.26. The van der Waals surface area contributed by atoms with Crippen molar-refractivity contribution in [2.45, 2.75) is 39.5 Å². The number of carboxylic acid groups (broad SMARTS) is 1. The van der Waals surface area contributed by atoms with Crippen LogP contribution in [0.15, 0.2) is 34.9 Å². The Morgan fingerprint density at radius 3 is 2.41 bits per heavy atom. The molecule has 3 heteroatoms. The van der Waals surface area contributed by atoms with Gasteiger partial charge in [-0.25, -0.2) is 0 Å². The van der Waals surface area contributed by atoms with Crippen molar-refractivity contribution in [3.63, 3.8) is 0 Å². The smallest absolute Gasteiger partial charge is 0.309 e. The predicted octanol–water partition coefficient (Wildman–Crippen LogP) is 4.28. The van der Waals surface area contributed by atoms with Gasteiger partial charge in [-0.05, 0) is 39.2 Å². The second-order valence-electron chi connectivity index (χ2n) is 4.83. The van der Waals surface area contributed by atoms with E-state index in [0.29, 0.717) is 0 Å². The van der Waals surface area contributed by atoms with Gasteiger partial charge in [-0.3, -0.25) is 4.79 Å². The van der Waals surface area contributed by atoms with Gasteiger partial charge in [0, 0.05) is 5.03 Å². The van der Waals surface area contributed by atoms with Crippen LogP contribution >= 0.6 is 11.6 Å². The number of aliphatic carboxylic acids is 1. The summed E-state index contributed by atoms with van der Waals surface area (Å²) in [5, 5.41) is 9.33. The maximum atomic E-state index is 10.3. The Labute approximate surface area is 108 Å². The lowest BCUT2D eigenvalue weighted by Gasteiger charge is -2.33. The number of allylic oxidation sites excluding steroid dienone is 6. The zero-order valence-electron chi connectivity index (χ0n) is 10.4. The number of halogens is 1. The molecule has 0 heterocycles. The van der Waals surface area contributed by atoms with Crippen LogP contribution in [0.25, 0.3) is 0 Å². The largest absolute Gasteiger partial charge is 0.481 e. The van der Waals surface area contributed by atoms with Gasteiger partial charge in [0.25, 0.3) is 0 Å². The fourth-order valence-corrected chi connectivity index (χ4v) is 1.78. The highest BCUT2D eigenvalue weighted by Crippen LogP contribution is 2.40. The molecule has 1 saturated carbocycles. The van der Waals surface area contributed by atoms with Crippen LogP contribution in [-0.2, 0) is 4.79 Å². The Balaban J connectivity index is 0.000000171. The van der Waals surface area contributed by atoms with Gasteiger partial charge in [0.2, 0.25) is 0 Å². The molecule has 1 fully saturated rings. The van der Waals surface area contributed by atoms with E-state index in [-0.39, 0.29) is 5.41 Å². The van der Waals surface area contributed by atoms with Gasteiger partial charge >= 0.3 is 5.97 Å². The van der Waals surface area contributed by atoms with Crippen molar-refractivity contribution in [3.8, 4) is 0 Å². The number of hydrogen-bond acceptors (Lipinski definition) is 1. The average Bonchev–Trinajstić information content (AvgIpc) is 2.41. The number of hydrogen-bond donors (Lipinski definition) is 1. The maximum Gasteiger partial charge on any atom is 0.309 e. The molecule has 17 heavy (non-hydrogen) atoms. The minimum absolute atomic E-state index is 0.361. The molecule has 0 saturated heterocycles. The Bertz CT molecular complexity index is 354. The molecular formula is C14H19ClO2. The van der Waals surface area contributed by atoms with Crippen molar-refractivity contribution >= 4 is 17.6 Å². The first-order valence-electron chi connectivity index (χ1n) is 5.88. The molecule has 0 bridgehead atoms. The highest BCUT2D eigenvalue weighted by molar-refractivity contribution is 6.31. The van der Waals surface area contributed by atoms with E-state index in [4.69, 9.17) is 16.7 Å². The van der Waals surface area contributed by atoms with Gasteiger partial charge < -0.3 is 5.11 Å². The molecule has 0 atom stereocenters. The second kappa shape index (κ2) is 6.06. The number of carboxylic acids is 1. The summed E-state index contributed by atoms with van der Waals surface area (Å²) in [6.45, 7) is 3.87. The Morgan fingerprint density at radius 1 is 1.35 bits per heavy atom. The van der Waals surface area contributed by atoms with Crippen LogP contribution in [0.4, 0.5) is 0 Å². The average molecular weight is 255 g/mol. The number of carbonyl (C=O) groups is 1. The Kier molecular flexibility index (Phi) is 5.01. The standard InChI is InChI=1S/C8H9Cl.C6H10O2/c1-7-3-2-4-8(9)6-5-7;1-6(5(7)8)3-2-4-6/h3-6H,2H2,1H3;2-4H2,1H3,(H,7,8). The predicted molar refractivity (Wildman–Crippen MR) is 71.0 cm³/mol. The highest BCUT2D eigenvalue weighted by Gasteiger charge is 2.38. The molecule has 0 unspecified atom stereocenters. The quantitative estimate of drug-likeness (QED) is 0.759. The van der Waals surface area contributed by atoms with Crippen LogP contribution in [-0.4, -0.2) is 11.1 Å². The minimum Gasteiger partial charge on any atom is -0.481 e. The van der Waals surface area contributed by atoms with Crippen LogP contribution in [0.2, 0.25) is 0 Å². The molecular weight excluding hydrogens is 236 g/mol. The van der Waals surface area contributed by atoms with Crippen LogP contribution in [0, 0.1) is 5.41 Å². The van der Waals surface area contributed by atoms with E-state index >= 15 is 0 Å². The lowest BCUT2D eigenvalue weighted by Crippen LogP contribution is -2.34. The topological polar surface area (TPSA) is 37.3 Å².